The Kier molecular flexibility index (Phi) is 9.01. The summed E-state index contributed by atoms with van der Waals surface area (Å²) in [5.74, 6) is -0.849. The highest BCUT2D eigenvalue weighted by Crippen LogP contribution is 2.37. The van der Waals surface area contributed by atoms with Gasteiger partial charge in [-0.15, -0.1) is 0 Å². The van der Waals surface area contributed by atoms with E-state index in [0.717, 1.165) is 17.2 Å². The monoisotopic (exact) mass is 529 g/mol. The quantitative estimate of drug-likeness (QED) is 0.174. The van der Waals surface area contributed by atoms with E-state index in [-0.39, 0.29) is 28.6 Å². The van der Waals surface area contributed by atoms with Gasteiger partial charge in [-0.1, -0.05) is 59.7 Å². The summed E-state index contributed by atoms with van der Waals surface area (Å²) in [6, 6.07) is 21.1. The molecular formula is C30H27NO8. The molecule has 0 saturated carbocycles. The van der Waals surface area contributed by atoms with Crippen molar-refractivity contribution in [3.05, 3.63) is 122 Å². The summed E-state index contributed by atoms with van der Waals surface area (Å²) in [6.07, 6.45) is 0. The maximum Gasteiger partial charge on any atom is 0.315 e. The van der Waals surface area contributed by atoms with Crippen LogP contribution >= 0.6 is 0 Å². The molecular weight excluding hydrogens is 502 g/mol. The van der Waals surface area contributed by atoms with Crippen LogP contribution in [0.2, 0.25) is 0 Å². The van der Waals surface area contributed by atoms with Gasteiger partial charge in [-0.2, -0.15) is 0 Å². The van der Waals surface area contributed by atoms with Crippen LogP contribution in [0.15, 0.2) is 78.9 Å². The van der Waals surface area contributed by atoms with Crippen molar-refractivity contribution in [3.63, 3.8) is 0 Å². The van der Waals surface area contributed by atoms with Crippen LogP contribution < -0.4 is 9.47 Å². The number of carbonyl (C=O) groups is 2. The molecule has 0 aromatic heterocycles. The number of benzene rings is 4. The fraction of sp³-hybridized carbons (Fsp3) is 0.133. The summed E-state index contributed by atoms with van der Waals surface area (Å²) in [4.78, 5) is 34.7. The molecule has 0 unspecified atom stereocenters. The Morgan fingerprint density at radius 1 is 0.667 bits per heavy atom. The number of ketones is 2. The topological polar surface area (TPSA) is 136 Å². The zero-order chi connectivity index (χ0) is 28.7. The number of nitrogens with zero attached hydrogens (tertiary/aromatic N) is 1. The summed E-state index contributed by atoms with van der Waals surface area (Å²) >= 11 is 0. The maximum atomic E-state index is 12.4. The summed E-state index contributed by atoms with van der Waals surface area (Å²) in [5, 5.41) is 30.1. The van der Waals surface area contributed by atoms with Gasteiger partial charge in [0, 0.05) is 28.3 Å². The Morgan fingerprint density at radius 2 is 1.10 bits per heavy atom. The van der Waals surface area contributed by atoms with Gasteiger partial charge in [-0.05, 0) is 38.1 Å². The number of aromatic hydroxyl groups is 2. The fourth-order valence-electron chi connectivity index (χ4n) is 3.58. The normalized spacial score (nSPS) is 10.2. The van der Waals surface area contributed by atoms with Crippen LogP contribution in [0.4, 0.5) is 5.69 Å². The third-order valence-corrected chi connectivity index (χ3v) is 5.80. The molecule has 0 heterocycles. The molecule has 9 heteroatoms. The van der Waals surface area contributed by atoms with Gasteiger partial charge in [0.05, 0.1) is 19.1 Å². The van der Waals surface area contributed by atoms with Gasteiger partial charge < -0.3 is 19.7 Å². The number of ether oxygens (including phenoxy) is 2. The van der Waals surface area contributed by atoms with E-state index < -0.39 is 16.4 Å². The largest absolute Gasteiger partial charge is 0.504 e. The van der Waals surface area contributed by atoms with E-state index in [1.54, 1.807) is 42.5 Å². The van der Waals surface area contributed by atoms with Crippen LogP contribution in [0, 0.1) is 24.0 Å². The Hall–Kier alpha value is -5.18. The lowest BCUT2D eigenvalue weighted by Gasteiger charge is -2.07. The summed E-state index contributed by atoms with van der Waals surface area (Å²) in [6.45, 7) is 3.86. The molecule has 0 bridgehead atoms. The molecule has 9 nitrogen and oxygen atoms in total. The van der Waals surface area contributed by atoms with Crippen molar-refractivity contribution in [1.29, 1.82) is 0 Å². The van der Waals surface area contributed by atoms with Gasteiger partial charge in [0.2, 0.25) is 5.75 Å². The number of phenolic OH excluding ortho intramolecular Hbond substituents is 2. The Balaban J connectivity index is 0.000000218. The van der Waals surface area contributed by atoms with Crippen LogP contribution in [0.5, 0.6) is 23.0 Å². The standard InChI is InChI=1S/C15H13NO5.C15H14O3/c1-9-3-5-10(6-4-9)14(17)11-7-12(16(19)20)15(18)13(8-11)21-2;1-10-3-5-11(6-4-10)15(17)12-7-8-13(16)14(9-12)18-2/h3-8,18H,1-2H3;3-9,16H,1-2H3. The van der Waals surface area contributed by atoms with Crippen LogP contribution in [0.1, 0.15) is 43.0 Å². The second kappa shape index (κ2) is 12.4. The molecule has 0 radical (unpaired) electrons. The first-order chi connectivity index (χ1) is 18.5. The number of rotatable bonds is 7. The second-order valence-electron chi connectivity index (χ2n) is 8.58. The van der Waals surface area contributed by atoms with Crippen molar-refractivity contribution in [2.45, 2.75) is 13.8 Å². The minimum absolute atomic E-state index is 0.0259. The van der Waals surface area contributed by atoms with E-state index in [9.17, 15) is 29.9 Å². The number of hydrogen-bond acceptors (Lipinski definition) is 8. The number of hydrogen-bond donors (Lipinski definition) is 2. The van der Waals surface area contributed by atoms with E-state index in [1.165, 1.54) is 32.4 Å². The average Bonchev–Trinajstić information content (AvgIpc) is 2.93. The molecule has 0 aliphatic rings. The van der Waals surface area contributed by atoms with E-state index in [1.807, 2.05) is 26.0 Å². The zero-order valence-corrected chi connectivity index (χ0v) is 21.8. The minimum atomic E-state index is -0.760. The summed E-state index contributed by atoms with van der Waals surface area (Å²) in [5.41, 5.74) is 3.14. The summed E-state index contributed by atoms with van der Waals surface area (Å²) < 4.78 is 9.86. The highest BCUT2D eigenvalue weighted by atomic mass is 16.6. The molecule has 0 saturated heterocycles. The van der Waals surface area contributed by atoms with Gasteiger partial charge in [0.1, 0.15) is 0 Å². The highest BCUT2D eigenvalue weighted by molar-refractivity contribution is 6.10. The van der Waals surface area contributed by atoms with Crippen molar-refractivity contribution in [2.75, 3.05) is 14.2 Å². The lowest BCUT2D eigenvalue weighted by Crippen LogP contribution is -2.03. The van der Waals surface area contributed by atoms with E-state index in [0.29, 0.717) is 22.4 Å². The van der Waals surface area contributed by atoms with Crippen molar-refractivity contribution in [1.82, 2.24) is 0 Å². The Morgan fingerprint density at radius 3 is 1.56 bits per heavy atom. The van der Waals surface area contributed by atoms with Crippen LogP contribution in [-0.4, -0.2) is 40.9 Å². The van der Waals surface area contributed by atoms with Gasteiger partial charge in [-0.25, -0.2) is 0 Å². The molecule has 4 aromatic carbocycles. The maximum absolute atomic E-state index is 12.4. The first-order valence-electron chi connectivity index (χ1n) is 11.7. The lowest BCUT2D eigenvalue weighted by atomic mass is 10.0. The van der Waals surface area contributed by atoms with Crippen molar-refractivity contribution in [3.8, 4) is 23.0 Å². The van der Waals surface area contributed by atoms with Crippen molar-refractivity contribution < 1.29 is 34.2 Å². The van der Waals surface area contributed by atoms with E-state index in [2.05, 4.69) is 0 Å². The smallest absolute Gasteiger partial charge is 0.315 e. The summed E-state index contributed by atoms with van der Waals surface area (Å²) in [7, 11) is 2.72. The SMILES string of the molecule is COc1cc(C(=O)c2ccc(C)cc2)cc([N+](=O)[O-])c1O.COc1cc(C(=O)c2ccc(C)cc2)ccc1O. The Labute approximate surface area is 225 Å². The molecule has 0 fully saturated rings. The van der Waals surface area contributed by atoms with Crippen molar-refractivity contribution >= 4 is 17.3 Å². The third-order valence-electron chi connectivity index (χ3n) is 5.80. The van der Waals surface area contributed by atoms with Crippen LogP contribution in [-0.2, 0) is 0 Å². The predicted molar refractivity (Wildman–Crippen MR) is 145 cm³/mol. The number of nitro groups is 1. The second-order valence-corrected chi connectivity index (χ2v) is 8.58. The Bertz CT molecular complexity index is 1510. The molecule has 0 atom stereocenters. The van der Waals surface area contributed by atoms with E-state index >= 15 is 0 Å². The molecule has 0 amide bonds. The number of aryl methyl sites for hydroxylation is 2. The highest BCUT2D eigenvalue weighted by Gasteiger charge is 2.23. The predicted octanol–water partition coefficient (Wildman–Crippen LogP) is 5.79. The molecule has 0 aliphatic carbocycles. The first kappa shape index (κ1) is 28.4. The molecule has 39 heavy (non-hydrogen) atoms. The number of nitro benzene ring substituents is 1. The van der Waals surface area contributed by atoms with Crippen molar-refractivity contribution in [2.24, 2.45) is 0 Å². The first-order valence-corrected chi connectivity index (χ1v) is 11.7. The van der Waals surface area contributed by atoms with E-state index in [4.69, 9.17) is 9.47 Å². The number of methoxy groups -OCH3 is 2. The number of carbonyl (C=O) groups excluding carboxylic acids is 2. The zero-order valence-electron chi connectivity index (χ0n) is 21.8. The third kappa shape index (κ3) is 6.78. The minimum Gasteiger partial charge on any atom is -0.504 e. The fourth-order valence-corrected chi connectivity index (χ4v) is 3.58. The van der Waals surface area contributed by atoms with Gasteiger partial charge in [0.15, 0.2) is 28.8 Å². The lowest BCUT2D eigenvalue weighted by molar-refractivity contribution is -0.386. The van der Waals surface area contributed by atoms with Gasteiger partial charge in [0.25, 0.3) is 0 Å². The average molecular weight is 530 g/mol. The molecule has 4 aromatic rings. The van der Waals surface area contributed by atoms with Crippen LogP contribution in [0.3, 0.4) is 0 Å². The molecule has 0 spiro atoms. The van der Waals surface area contributed by atoms with Gasteiger partial charge >= 0.3 is 5.69 Å². The molecule has 0 aliphatic heterocycles. The molecule has 200 valence electrons. The molecule has 2 N–H and O–H groups in total. The number of phenols is 2. The van der Waals surface area contributed by atoms with Crippen LogP contribution in [0.25, 0.3) is 0 Å². The van der Waals surface area contributed by atoms with Gasteiger partial charge in [-0.3, -0.25) is 19.7 Å². The molecule has 4 rings (SSSR count).